The van der Waals surface area contributed by atoms with Crippen molar-refractivity contribution < 1.29 is 4.79 Å². The van der Waals surface area contributed by atoms with Gasteiger partial charge in [-0.15, -0.1) is 11.3 Å². The third kappa shape index (κ3) is 3.61. The van der Waals surface area contributed by atoms with E-state index in [4.69, 9.17) is 0 Å². The fourth-order valence-corrected chi connectivity index (χ4v) is 3.46. The minimum Gasteiger partial charge on any atom is -0.314 e. The lowest BCUT2D eigenvalue weighted by Gasteiger charge is -2.32. The third-order valence-corrected chi connectivity index (χ3v) is 4.83. The Hall–Kier alpha value is -0.230. The van der Waals surface area contributed by atoms with Crippen LogP contribution in [0.15, 0.2) is 15.9 Å². The van der Waals surface area contributed by atoms with E-state index < -0.39 is 0 Å². The summed E-state index contributed by atoms with van der Waals surface area (Å²) in [4.78, 5) is 15.3. The molecule has 1 aliphatic heterocycles. The largest absolute Gasteiger partial charge is 0.314 e. The molecule has 1 N–H and O–H groups in total. The van der Waals surface area contributed by atoms with Gasteiger partial charge in [0.1, 0.15) is 0 Å². The van der Waals surface area contributed by atoms with E-state index >= 15 is 0 Å². The zero-order chi connectivity index (χ0) is 12.3. The second kappa shape index (κ2) is 6.09. The Morgan fingerprint density at radius 1 is 1.59 bits per heavy atom. The van der Waals surface area contributed by atoms with Crippen molar-refractivity contribution >= 4 is 33.0 Å². The first-order chi connectivity index (χ1) is 8.16. The zero-order valence-electron chi connectivity index (χ0n) is 9.91. The lowest BCUT2D eigenvalue weighted by molar-refractivity contribution is 0.0922. The van der Waals surface area contributed by atoms with Gasteiger partial charge in [-0.3, -0.25) is 9.69 Å². The van der Waals surface area contributed by atoms with Crippen molar-refractivity contribution in [3.63, 3.8) is 0 Å². The number of nitrogens with zero attached hydrogens (tertiary/aromatic N) is 1. The SMILES string of the molecule is CC(CC(=O)c1cc(Br)cs1)N1CCNCC1. The number of hydrogen-bond acceptors (Lipinski definition) is 4. The Balaban J connectivity index is 1.89. The van der Waals surface area contributed by atoms with Gasteiger partial charge < -0.3 is 5.32 Å². The molecule has 0 bridgehead atoms. The number of rotatable bonds is 4. The number of halogens is 1. The number of hydrogen-bond donors (Lipinski definition) is 1. The highest BCUT2D eigenvalue weighted by atomic mass is 79.9. The maximum absolute atomic E-state index is 12.1. The van der Waals surface area contributed by atoms with Gasteiger partial charge >= 0.3 is 0 Å². The van der Waals surface area contributed by atoms with Gasteiger partial charge in [-0.2, -0.15) is 0 Å². The summed E-state index contributed by atoms with van der Waals surface area (Å²) in [6, 6.07) is 2.25. The van der Waals surface area contributed by atoms with Crippen molar-refractivity contribution in [3.05, 3.63) is 20.8 Å². The van der Waals surface area contributed by atoms with E-state index in [1.807, 2.05) is 11.4 Å². The van der Waals surface area contributed by atoms with Crippen LogP contribution in [0.5, 0.6) is 0 Å². The van der Waals surface area contributed by atoms with E-state index in [1.165, 1.54) is 11.3 Å². The molecule has 3 nitrogen and oxygen atoms in total. The Kier molecular flexibility index (Phi) is 4.73. The fraction of sp³-hybridized carbons (Fsp3) is 0.583. The molecule has 0 saturated carbocycles. The molecule has 0 spiro atoms. The molecule has 1 aromatic rings. The van der Waals surface area contributed by atoms with E-state index in [1.54, 1.807) is 0 Å². The van der Waals surface area contributed by atoms with Gasteiger partial charge in [0.15, 0.2) is 5.78 Å². The molecule has 1 fully saturated rings. The molecular formula is C12H17BrN2OS. The van der Waals surface area contributed by atoms with E-state index in [0.29, 0.717) is 12.5 Å². The Labute approximate surface area is 114 Å². The number of ketones is 1. The molecule has 1 unspecified atom stereocenters. The summed E-state index contributed by atoms with van der Waals surface area (Å²) in [5.41, 5.74) is 0. The number of thiophene rings is 1. The topological polar surface area (TPSA) is 32.3 Å². The third-order valence-electron chi connectivity index (χ3n) is 3.10. The minimum atomic E-state index is 0.256. The summed E-state index contributed by atoms with van der Waals surface area (Å²) >= 11 is 4.90. The van der Waals surface area contributed by atoms with Crippen LogP contribution in [0, 0.1) is 0 Å². The lowest BCUT2D eigenvalue weighted by Crippen LogP contribution is -2.47. The predicted octanol–water partition coefficient (Wildman–Crippen LogP) is 2.38. The summed E-state index contributed by atoms with van der Waals surface area (Å²) < 4.78 is 1.00. The molecular weight excluding hydrogens is 300 g/mol. The summed E-state index contributed by atoms with van der Waals surface area (Å²) in [6.07, 6.45) is 0.618. The maximum Gasteiger partial charge on any atom is 0.174 e. The van der Waals surface area contributed by atoms with Crippen molar-refractivity contribution in [2.24, 2.45) is 0 Å². The van der Waals surface area contributed by atoms with Crippen molar-refractivity contribution in [2.45, 2.75) is 19.4 Å². The summed E-state index contributed by atoms with van der Waals surface area (Å²) in [7, 11) is 0. The van der Waals surface area contributed by atoms with Crippen LogP contribution in [-0.2, 0) is 0 Å². The highest BCUT2D eigenvalue weighted by molar-refractivity contribution is 9.10. The van der Waals surface area contributed by atoms with Gasteiger partial charge in [0.05, 0.1) is 4.88 Å². The Morgan fingerprint density at radius 2 is 2.29 bits per heavy atom. The van der Waals surface area contributed by atoms with Crippen LogP contribution in [0.3, 0.4) is 0 Å². The molecule has 94 valence electrons. The normalized spacial score (nSPS) is 19.2. The lowest BCUT2D eigenvalue weighted by atomic mass is 10.1. The predicted molar refractivity (Wildman–Crippen MR) is 74.9 cm³/mol. The van der Waals surface area contributed by atoms with Crippen molar-refractivity contribution in [2.75, 3.05) is 26.2 Å². The summed E-state index contributed by atoms with van der Waals surface area (Å²) in [5, 5.41) is 5.29. The van der Waals surface area contributed by atoms with Crippen LogP contribution < -0.4 is 5.32 Å². The summed E-state index contributed by atoms with van der Waals surface area (Å²) in [5.74, 6) is 0.256. The van der Waals surface area contributed by atoms with Gasteiger partial charge in [-0.25, -0.2) is 0 Å². The van der Waals surface area contributed by atoms with Crippen molar-refractivity contribution in [3.8, 4) is 0 Å². The van der Waals surface area contributed by atoms with Crippen LogP contribution >= 0.6 is 27.3 Å². The van der Waals surface area contributed by atoms with Crippen molar-refractivity contribution in [1.29, 1.82) is 0 Å². The van der Waals surface area contributed by atoms with Gasteiger partial charge in [0, 0.05) is 48.5 Å². The van der Waals surface area contributed by atoms with Crippen LogP contribution in [0.25, 0.3) is 0 Å². The molecule has 0 aliphatic carbocycles. The van der Waals surface area contributed by atoms with E-state index in [2.05, 4.69) is 33.1 Å². The molecule has 0 radical (unpaired) electrons. The van der Waals surface area contributed by atoms with Crippen molar-refractivity contribution in [1.82, 2.24) is 10.2 Å². The molecule has 5 heteroatoms. The molecule has 2 heterocycles. The first-order valence-electron chi connectivity index (χ1n) is 5.89. The van der Waals surface area contributed by atoms with Crippen LogP contribution in [0.2, 0.25) is 0 Å². The number of nitrogens with one attached hydrogen (secondary N) is 1. The average Bonchev–Trinajstić information content (AvgIpc) is 2.77. The molecule has 17 heavy (non-hydrogen) atoms. The van der Waals surface area contributed by atoms with Crippen LogP contribution in [0.4, 0.5) is 0 Å². The zero-order valence-corrected chi connectivity index (χ0v) is 12.3. The standard InChI is InChI=1S/C12H17BrN2OS/c1-9(15-4-2-14-3-5-15)6-11(16)12-7-10(13)8-17-12/h7-9,14H,2-6H2,1H3. The molecule has 1 aliphatic rings. The van der Waals surface area contributed by atoms with Gasteiger partial charge in [-0.05, 0) is 28.9 Å². The second-order valence-corrected chi connectivity index (χ2v) is 6.22. The quantitative estimate of drug-likeness (QED) is 0.866. The molecule has 1 saturated heterocycles. The molecule has 1 aromatic heterocycles. The molecule has 0 aromatic carbocycles. The highest BCUT2D eigenvalue weighted by Gasteiger charge is 2.20. The molecule has 2 rings (SSSR count). The smallest absolute Gasteiger partial charge is 0.174 e. The maximum atomic E-state index is 12.1. The van der Waals surface area contributed by atoms with Gasteiger partial charge in [0.25, 0.3) is 0 Å². The average molecular weight is 317 g/mol. The van der Waals surface area contributed by atoms with Crippen LogP contribution in [-0.4, -0.2) is 42.9 Å². The Morgan fingerprint density at radius 3 is 2.88 bits per heavy atom. The monoisotopic (exact) mass is 316 g/mol. The second-order valence-electron chi connectivity index (χ2n) is 4.39. The van der Waals surface area contributed by atoms with Gasteiger partial charge in [0.2, 0.25) is 0 Å². The van der Waals surface area contributed by atoms with Crippen LogP contribution in [0.1, 0.15) is 23.0 Å². The number of carbonyl (C=O) groups is 1. The molecule has 0 amide bonds. The Bertz CT molecular complexity index is 388. The summed E-state index contributed by atoms with van der Waals surface area (Å²) in [6.45, 7) is 6.29. The molecule has 1 atom stereocenters. The van der Waals surface area contributed by atoms with E-state index in [-0.39, 0.29) is 5.78 Å². The number of piperazine rings is 1. The minimum absolute atomic E-state index is 0.256. The van der Waals surface area contributed by atoms with E-state index in [9.17, 15) is 4.79 Å². The van der Waals surface area contributed by atoms with E-state index in [0.717, 1.165) is 35.5 Å². The van der Waals surface area contributed by atoms with Gasteiger partial charge in [-0.1, -0.05) is 0 Å². The number of Topliss-reactive ketones (excluding diaryl/α,β-unsaturated/α-hetero) is 1. The highest BCUT2D eigenvalue weighted by Crippen LogP contribution is 2.22. The first-order valence-corrected chi connectivity index (χ1v) is 7.56. The number of carbonyl (C=O) groups excluding carboxylic acids is 1. The fourth-order valence-electron chi connectivity index (χ4n) is 2.08. The first kappa shape index (κ1) is 13.2.